The van der Waals surface area contributed by atoms with Crippen LogP contribution >= 0.6 is 11.6 Å². The predicted octanol–water partition coefficient (Wildman–Crippen LogP) is 3.83. The molecule has 7 nitrogen and oxygen atoms in total. The van der Waals surface area contributed by atoms with Crippen LogP contribution in [0.25, 0.3) is 11.0 Å². The lowest BCUT2D eigenvalue weighted by Gasteiger charge is -2.20. The second kappa shape index (κ2) is 8.24. The number of hydrogen-bond donors (Lipinski definition) is 0. The average Bonchev–Trinajstić information content (AvgIpc) is 3.49. The molecule has 1 fully saturated rings. The summed E-state index contributed by atoms with van der Waals surface area (Å²) in [6, 6.07) is 9.91. The molecule has 0 spiro atoms. The second-order valence-corrected chi connectivity index (χ2v) is 10.5. The van der Waals surface area contributed by atoms with Gasteiger partial charge in [0, 0.05) is 17.3 Å². The number of sulfone groups is 1. The smallest absolute Gasteiger partial charge is 0.329 e. The Bertz CT molecular complexity index is 1290. The summed E-state index contributed by atoms with van der Waals surface area (Å²) in [4.78, 5) is 13.5. The molecular formula is C22H25ClN2O5S. The Balaban J connectivity index is 1.97. The van der Waals surface area contributed by atoms with Crippen molar-refractivity contribution in [3.8, 4) is 11.5 Å². The van der Waals surface area contributed by atoms with Crippen LogP contribution in [0.4, 0.5) is 0 Å². The molecule has 0 amide bonds. The van der Waals surface area contributed by atoms with E-state index in [-0.39, 0.29) is 17.5 Å². The first kappa shape index (κ1) is 21.8. The van der Waals surface area contributed by atoms with Gasteiger partial charge in [0.05, 0.1) is 36.5 Å². The first-order valence-corrected chi connectivity index (χ1v) is 12.6. The van der Waals surface area contributed by atoms with Crippen LogP contribution in [0.5, 0.6) is 11.5 Å². The standard InChI is InChI=1S/C22H25ClN2O5S/c1-4-30-21-11-14(5-10-20(21)29-2)19(13-31(3,27)28)25-17-9-6-15(23)12-18(17)24(22(25)26)16-7-8-16/h5-6,9-12,16,19H,4,7-8,13H2,1-3H3/t19-/m1/s1. The third-order valence-electron chi connectivity index (χ3n) is 5.43. The highest BCUT2D eigenvalue weighted by molar-refractivity contribution is 7.90. The average molecular weight is 465 g/mol. The molecule has 1 aliphatic carbocycles. The number of aromatic nitrogens is 2. The summed E-state index contributed by atoms with van der Waals surface area (Å²) < 4.78 is 39.1. The van der Waals surface area contributed by atoms with E-state index in [0.29, 0.717) is 34.2 Å². The Kier molecular flexibility index (Phi) is 5.79. The number of hydrogen-bond acceptors (Lipinski definition) is 5. The van der Waals surface area contributed by atoms with E-state index in [9.17, 15) is 13.2 Å². The van der Waals surface area contributed by atoms with E-state index in [0.717, 1.165) is 18.4 Å². The molecule has 0 radical (unpaired) electrons. The van der Waals surface area contributed by atoms with Gasteiger partial charge in [0.2, 0.25) is 0 Å². The number of halogens is 1. The summed E-state index contributed by atoms with van der Waals surface area (Å²) in [6.45, 7) is 2.29. The predicted molar refractivity (Wildman–Crippen MR) is 121 cm³/mol. The fraction of sp³-hybridized carbons (Fsp3) is 0.409. The summed E-state index contributed by atoms with van der Waals surface area (Å²) in [6.07, 6.45) is 3.01. The van der Waals surface area contributed by atoms with Gasteiger partial charge in [-0.15, -0.1) is 0 Å². The van der Waals surface area contributed by atoms with Crippen molar-refractivity contribution in [1.82, 2.24) is 9.13 Å². The lowest BCUT2D eigenvalue weighted by molar-refractivity contribution is 0.310. The second-order valence-electron chi connectivity index (χ2n) is 7.84. The Morgan fingerprint density at radius 2 is 1.87 bits per heavy atom. The Morgan fingerprint density at radius 3 is 2.48 bits per heavy atom. The summed E-state index contributed by atoms with van der Waals surface area (Å²) in [7, 11) is -1.87. The molecule has 1 saturated carbocycles. The third kappa shape index (κ3) is 4.32. The van der Waals surface area contributed by atoms with Gasteiger partial charge in [-0.25, -0.2) is 13.2 Å². The van der Waals surface area contributed by atoms with E-state index < -0.39 is 15.9 Å². The number of nitrogens with zero attached hydrogens (tertiary/aromatic N) is 2. The van der Waals surface area contributed by atoms with Crippen LogP contribution in [-0.2, 0) is 9.84 Å². The van der Waals surface area contributed by atoms with Crippen LogP contribution < -0.4 is 15.2 Å². The van der Waals surface area contributed by atoms with Crippen molar-refractivity contribution in [3.05, 3.63) is 57.5 Å². The largest absolute Gasteiger partial charge is 0.493 e. The van der Waals surface area contributed by atoms with Crippen LogP contribution in [0.15, 0.2) is 41.2 Å². The lowest BCUT2D eigenvalue weighted by Crippen LogP contribution is -2.31. The molecular weight excluding hydrogens is 440 g/mol. The normalized spacial score (nSPS) is 15.2. The molecule has 0 unspecified atom stereocenters. The molecule has 0 bridgehead atoms. The van der Waals surface area contributed by atoms with Gasteiger partial charge in [0.15, 0.2) is 11.5 Å². The number of imidazole rings is 1. The maximum Gasteiger partial charge on any atom is 0.329 e. The van der Waals surface area contributed by atoms with Gasteiger partial charge in [-0.05, 0) is 55.7 Å². The lowest BCUT2D eigenvalue weighted by atomic mass is 10.1. The van der Waals surface area contributed by atoms with E-state index in [1.165, 1.54) is 6.26 Å². The third-order valence-corrected chi connectivity index (χ3v) is 6.58. The van der Waals surface area contributed by atoms with Gasteiger partial charge in [0.1, 0.15) is 9.84 Å². The van der Waals surface area contributed by atoms with E-state index in [1.54, 1.807) is 52.6 Å². The van der Waals surface area contributed by atoms with Crippen LogP contribution in [-0.4, -0.2) is 43.3 Å². The molecule has 166 valence electrons. The molecule has 2 aromatic carbocycles. The van der Waals surface area contributed by atoms with Gasteiger partial charge in [-0.1, -0.05) is 17.7 Å². The first-order chi connectivity index (χ1) is 14.7. The van der Waals surface area contributed by atoms with Crippen molar-refractivity contribution in [2.45, 2.75) is 31.8 Å². The molecule has 0 aliphatic heterocycles. The van der Waals surface area contributed by atoms with Crippen molar-refractivity contribution in [3.63, 3.8) is 0 Å². The topological polar surface area (TPSA) is 79.5 Å². The minimum Gasteiger partial charge on any atom is -0.493 e. The fourth-order valence-corrected chi connectivity index (χ4v) is 5.06. The molecule has 0 N–H and O–H groups in total. The van der Waals surface area contributed by atoms with E-state index in [1.807, 2.05) is 6.92 Å². The van der Waals surface area contributed by atoms with Crippen molar-refractivity contribution in [2.24, 2.45) is 0 Å². The van der Waals surface area contributed by atoms with Gasteiger partial charge >= 0.3 is 5.69 Å². The maximum atomic E-state index is 13.5. The minimum absolute atomic E-state index is 0.114. The zero-order chi connectivity index (χ0) is 22.3. The van der Waals surface area contributed by atoms with Crippen LogP contribution in [0.2, 0.25) is 5.02 Å². The zero-order valence-electron chi connectivity index (χ0n) is 17.7. The van der Waals surface area contributed by atoms with E-state index >= 15 is 0 Å². The number of methoxy groups -OCH3 is 1. The van der Waals surface area contributed by atoms with Crippen molar-refractivity contribution >= 4 is 32.5 Å². The highest BCUT2D eigenvalue weighted by atomic mass is 35.5. The molecule has 9 heteroatoms. The van der Waals surface area contributed by atoms with Crippen molar-refractivity contribution < 1.29 is 17.9 Å². The van der Waals surface area contributed by atoms with E-state index in [4.69, 9.17) is 21.1 Å². The number of rotatable bonds is 8. The molecule has 31 heavy (non-hydrogen) atoms. The van der Waals surface area contributed by atoms with Crippen LogP contribution in [0, 0.1) is 0 Å². The quantitative estimate of drug-likeness (QED) is 0.506. The molecule has 1 heterocycles. The summed E-state index contributed by atoms with van der Waals surface area (Å²) >= 11 is 6.22. The molecule has 1 atom stereocenters. The monoisotopic (exact) mass is 464 g/mol. The zero-order valence-corrected chi connectivity index (χ0v) is 19.2. The summed E-state index contributed by atoms with van der Waals surface area (Å²) in [5.74, 6) is 0.822. The van der Waals surface area contributed by atoms with Gasteiger partial charge in [-0.2, -0.15) is 0 Å². The van der Waals surface area contributed by atoms with Crippen LogP contribution in [0.3, 0.4) is 0 Å². The van der Waals surface area contributed by atoms with E-state index in [2.05, 4.69) is 0 Å². The van der Waals surface area contributed by atoms with Gasteiger partial charge in [-0.3, -0.25) is 9.13 Å². The molecule has 1 aromatic heterocycles. The SMILES string of the molecule is CCOc1cc([C@@H](CS(C)(=O)=O)n2c(=O)n(C3CC3)c3cc(Cl)ccc32)ccc1OC. The highest BCUT2D eigenvalue weighted by Gasteiger charge is 2.32. The number of fused-ring (bicyclic) bond motifs is 1. The fourth-order valence-electron chi connectivity index (χ4n) is 3.98. The van der Waals surface area contributed by atoms with Gasteiger partial charge < -0.3 is 9.47 Å². The Morgan fingerprint density at radius 1 is 1.13 bits per heavy atom. The van der Waals surface area contributed by atoms with Crippen molar-refractivity contribution in [1.29, 1.82) is 0 Å². The number of ether oxygens (including phenoxy) is 2. The summed E-state index contributed by atoms with van der Waals surface area (Å²) in [5, 5.41) is 0.529. The van der Waals surface area contributed by atoms with Crippen LogP contribution in [0.1, 0.15) is 37.4 Å². The highest BCUT2D eigenvalue weighted by Crippen LogP contribution is 2.38. The molecule has 0 saturated heterocycles. The summed E-state index contributed by atoms with van der Waals surface area (Å²) in [5.41, 5.74) is 1.80. The first-order valence-electron chi connectivity index (χ1n) is 10.1. The Labute approximate surface area is 186 Å². The maximum absolute atomic E-state index is 13.5. The Hall–Kier alpha value is -2.45. The molecule has 3 aromatic rings. The molecule has 4 rings (SSSR count). The van der Waals surface area contributed by atoms with Gasteiger partial charge in [0.25, 0.3) is 0 Å². The number of benzene rings is 2. The minimum atomic E-state index is -3.42. The molecule has 1 aliphatic rings. The van der Waals surface area contributed by atoms with Crippen molar-refractivity contribution in [2.75, 3.05) is 25.7 Å².